The molecule has 7 nitrogen and oxygen atoms in total. The summed E-state index contributed by atoms with van der Waals surface area (Å²) in [5.41, 5.74) is 3.33. The summed E-state index contributed by atoms with van der Waals surface area (Å²) in [6, 6.07) is 14.8. The molecule has 0 bridgehead atoms. The molecular weight excluding hydrogens is 358 g/mol. The number of fused-ring (bicyclic) bond motifs is 2. The average Bonchev–Trinajstić information content (AvgIpc) is 3.26. The van der Waals surface area contributed by atoms with E-state index in [4.69, 9.17) is 0 Å². The Morgan fingerprint density at radius 1 is 1.11 bits per heavy atom. The van der Waals surface area contributed by atoms with Crippen LogP contribution in [0.3, 0.4) is 0 Å². The van der Waals surface area contributed by atoms with Crippen LogP contribution < -0.4 is 5.32 Å². The van der Waals surface area contributed by atoms with Gasteiger partial charge in [0.1, 0.15) is 13.1 Å². The fraction of sp³-hybridized carbons (Fsp3) is 0.190. The Hall–Kier alpha value is -3.61. The highest BCUT2D eigenvalue weighted by molar-refractivity contribution is 6.02. The van der Waals surface area contributed by atoms with E-state index in [-0.39, 0.29) is 25.0 Å². The second-order valence-corrected chi connectivity index (χ2v) is 6.57. The lowest BCUT2D eigenvalue weighted by Gasteiger charge is -2.24. The van der Waals surface area contributed by atoms with Gasteiger partial charge in [-0.3, -0.25) is 14.4 Å². The van der Waals surface area contributed by atoms with Gasteiger partial charge in [-0.2, -0.15) is 0 Å². The molecule has 0 saturated heterocycles. The van der Waals surface area contributed by atoms with Crippen LogP contribution in [0.5, 0.6) is 0 Å². The van der Waals surface area contributed by atoms with Gasteiger partial charge in [-0.15, -0.1) is 0 Å². The molecule has 1 atom stereocenters. The zero-order chi connectivity index (χ0) is 19.7. The average molecular weight is 377 g/mol. The van der Waals surface area contributed by atoms with E-state index in [2.05, 4.69) is 15.0 Å². The van der Waals surface area contributed by atoms with Crippen LogP contribution in [0.1, 0.15) is 27.5 Å². The molecule has 4 rings (SSSR count). The Kier molecular flexibility index (Phi) is 4.57. The Labute approximate surface area is 161 Å². The van der Waals surface area contributed by atoms with Crippen LogP contribution in [-0.4, -0.2) is 47.9 Å². The van der Waals surface area contributed by atoms with E-state index in [9.17, 15) is 14.4 Å². The number of methoxy groups -OCH3 is 1. The first-order valence-corrected chi connectivity index (χ1v) is 8.89. The second-order valence-electron chi connectivity index (χ2n) is 6.57. The predicted molar refractivity (Wildman–Crippen MR) is 103 cm³/mol. The molecule has 142 valence electrons. The van der Waals surface area contributed by atoms with Crippen LogP contribution >= 0.6 is 0 Å². The number of hydrogen-bond acceptors (Lipinski definition) is 4. The molecule has 0 spiro atoms. The van der Waals surface area contributed by atoms with Gasteiger partial charge < -0.3 is 19.9 Å². The Morgan fingerprint density at radius 3 is 2.68 bits per heavy atom. The molecule has 0 aliphatic carbocycles. The lowest BCUT2D eigenvalue weighted by molar-refractivity contribution is -0.141. The van der Waals surface area contributed by atoms with E-state index in [0.717, 1.165) is 22.0 Å². The molecule has 2 N–H and O–H groups in total. The number of ether oxygens (including phenoxy) is 1. The number of aromatic amines is 1. The standard InChI is InChI=1S/C21H19N3O4/c1-28-19(26)11-23-18(25)12-24-20(14-7-2-3-8-15(14)21(24)27)16-10-22-17-9-5-4-6-13(16)17/h2-10,20,22H,11-12H2,1H3,(H,23,25)/t20-/m0/s1. The van der Waals surface area contributed by atoms with Gasteiger partial charge in [0.05, 0.1) is 13.2 Å². The summed E-state index contributed by atoms with van der Waals surface area (Å²) < 4.78 is 4.53. The maximum atomic E-state index is 13.0. The van der Waals surface area contributed by atoms with Gasteiger partial charge in [0.25, 0.3) is 5.91 Å². The van der Waals surface area contributed by atoms with Crippen LogP contribution in [0.4, 0.5) is 0 Å². The van der Waals surface area contributed by atoms with Gasteiger partial charge in [0, 0.05) is 28.2 Å². The quantitative estimate of drug-likeness (QED) is 0.666. The molecule has 0 fully saturated rings. The van der Waals surface area contributed by atoms with E-state index in [1.807, 2.05) is 48.7 Å². The number of nitrogens with one attached hydrogen (secondary N) is 2. The molecule has 3 aromatic rings. The van der Waals surface area contributed by atoms with Crippen molar-refractivity contribution >= 4 is 28.7 Å². The molecule has 1 aliphatic rings. The van der Waals surface area contributed by atoms with Crippen molar-refractivity contribution in [2.24, 2.45) is 0 Å². The highest BCUT2D eigenvalue weighted by Gasteiger charge is 2.39. The third-order valence-corrected chi connectivity index (χ3v) is 4.95. The summed E-state index contributed by atoms with van der Waals surface area (Å²) >= 11 is 0. The largest absolute Gasteiger partial charge is 0.468 e. The smallest absolute Gasteiger partial charge is 0.325 e. The summed E-state index contributed by atoms with van der Waals surface area (Å²) in [4.78, 5) is 41.4. The monoisotopic (exact) mass is 377 g/mol. The molecule has 2 aromatic carbocycles. The molecule has 0 saturated carbocycles. The van der Waals surface area contributed by atoms with Gasteiger partial charge in [-0.05, 0) is 17.7 Å². The number of para-hydroxylation sites is 1. The maximum Gasteiger partial charge on any atom is 0.325 e. The third kappa shape index (κ3) is 3.00. The van der Waals surface area contributed by atoms with Crippen LogP contribution in [0.25, 0.3) is 10.9 Å². The van der Waals surface area contributed by atoms with E-state index >= 15 is 0 Å². The van der Waals surface area contributed by atoms with Crippen LogP contribution in [0, 0.1) is 0 Å². The van der Waals surface area contributed by atoms with Gasteiger partial charge in [0.2, 0.25) is 5.91 Å². The molecular formula is C21H19N3O4. The Balaban J connectivity index is 1.69. The van der Waals surface area contributed by atoms with Crippen LogP contribution in [-0.2, 0) is 14.3 Å². The zero-order valence-corrected chi connectivity index (χ0v) is 15.3. The number of carbonyl (C=O) groups excluding carboxylic acids is 3. The van der Waals surface area contributed by atoms with Crippen molar-refractivity contribution < 1.29 is 19.1 Å². The van der Waals surface area contributed by atoms with Gasteiger partial charge >= 0.3 is 5.97 Å². The van der Waals surface area contributed by atoms with Gasteiger partial charge in [-0.25, -0.2) is 0 Å². The molecule has 0 radical (unpaired) electrons. The van der Waals surface area contributed by atoms with Crippen molar-refractivity contribution in [3.63, 3.8) is 0 Å². The van der Waals surface area contributed by atoms with E-state index in [1.165, 1.54) is 12.0 Å². The van der Waals surface area contributed by atoms with Crippen molar-refractivity contribution in [2.75, 3.05) is 20.2 Å². The zero-order valence-electron chi connectivity index (χ0n) is 15.3. The third-order valence-electron chi connectivity index (χ3n) is 4.95. The molecule has 2 heterocycles. The number of aromatic nitrogens is 1. The number of amides is 2. The van der Waals surface area contributed by atoms with Crippen molar-refractivity contribution in [3.05, 3.63) is 71.4 Å². The summed E-state index contributed by atoms with van der Waals surface area (Å²) in [5, 5.41) is 3.49. The number of rotatable bonds is 5. The minimum absolute atomic E-state index is 0.158. The number of H-pyrrole nitrogens is 1. The van der Waals surface area contributed by atoms with Crippen molar-refractivity contribution in [2.45, 2.75) is 6.04 Å². The first-order chi connectivity index (χ1) is 13.6. The number of benzene rings is 2. The topological polar surface area (TPSA) is 91.5 Å². The molecule has 1 aliphatic heterocycles. The minimum Gasteiger partial charge on any atom is -0.468 e. The first kappa shape index (κ1) is 17.8. The summed E-state index contributed by atoms with van der Waals surface area (Å²) in [6.45, 7) is -0.392. The SMILES string of the molecule is COC(=O)CNC(=O)CN1C(=O)c2ccccc2[C@H]1c1c[nH]c2ccccc12. The fourth-order valence-corrected chi connectivity index (χ4v) is 3.64. The van der Waals surface area contributed by atoms with Crippen molar-refractivity contribution in [1.29, 1.82) is 0 Å². The van der Waals surface area contributed by atoms with Crippen molar-refractivity contribution in [3.8, 4) is 0 Å². The van der Waals surface area contributed by atoms with E-state index in [0.29, 0.717) is 5.56 Å². The Morgan fingerprint density at radius 2 is 1.86 bits per heavy atom. The maximum absolute atomic E-state index is 13.0. The number of esters is 1. The second kappa shape index (κ2) is 7.19. The fourth-order valence-electron chi connectivity index (χ4n) is 3.64. The normalized spacial score (nSPS) is 15.5. The van der Waals surface area contributed by atoms with Crippen LogP contribution in [0.15, 0.2) is 54.7 Å². The molecule has 7 heteroatoms. The minimum atomic E-state index is -0.544. The summed E-state index contributed by atoms with van der Waals surface area (Å²) in [7, 11) is 1.25. The van der Waals surface area contributed by atoms with Gasteiger partial charge in [-0.1, -0.05) is 36.4 Å². The Bertz CT molecular complexity index is 1070. The van der Waals surface area contributed by atoms with Crippen LogP contribution in [0.2, 0.25) is 0 Å². The number of nitrogens with zero attached hydrogens (tertiary/aromatic N) is 1. The summed E-state index contributed by atoms with van der Waals surface area (Å²) in [5.74, 6) is -1.17. The van der Waals surface area contributed by atoms with Crippen molar-refractivity contribution in [1.82, 2.24) is 15.2 Å². The first-order valence-electron chi connectivity index (χ1n) is 8.89. The van der Waals surface area contributed by atoms with E-state index in [1.54, 1.807) is 6.07 Å². The summed E-state index contributed by atoms with van der Waals surface area (Å²) in [6.07, 6.45) is 1.88. The highest BCUT2D eigenvalue weighted by atomic mass is 16.5. The number of hydrogen-bond donors (Lipinski definition) is 2. The predicted octanol–water partition coefficient (Wildman–Crippen LogP) is 2.00. The molecule has 28 heavy (non-hydrogen) atoms. The van der Waals surface area contributed by atoms with Gasteiger partial charge in [0.15, 0.2) is 0 Å². The highest BCUT2D eigenvalue weighted by Crippen LogP contribution is 2.40. The lowest BCUT2D eigenvalue weighted by Crippen LogP contribution is -2.41. The molecule has 0 unspecified atom stereocenters. The molecule has 2 amide bonds. The lowest BCUT2D eigenvalue weighted by atomic mass is 9.97. The number of carbonyl (C=O) groups is 3. The molecule has 1 aromatic heterocycles. The van der Waals surface area contributed by atoms with E-state index < -0.39 is 11.9 Å².